The summed E-state index contributed by atoms with van der Waals surface area (Å²) < 4.78 is 7.27. The average molecular weight is 331 g/mol. The predicted molar refractivity (Wildman–Crippen MR) is 91.3 cm³/mol. The van der Waals surface area contributed by atoms with Crippen molar-refractivity contribution in [1.82, 2.24) is 14.7 Å². The van der Waals surface area contributed by atoms with Crippen LogP contribution in [0.15, 0.2) is 29.8 Å². The van der Waals surface area contributed by atoms with Crippen LogP contribution >= 0.6 is 11.3 Å². The molecule has 3 rings (SSSR count). The summed E-state index contributed by atoms with van der Waals surface area (Å²) >= 11 is 1.62. The number of carbonyl (C=O) groups excluding carboxylic acids is 1. The lowest BCUT2D eigenvalue weighted by Crippen LogP contribution is -2.38. The first-order valence-electron chi connectivity index (χ1n) is 7.77. The van der Waals surface area contributed by atoms with Crippen LogP contribution in [-0.4, -0.2) is 40.8 Å². The molecule has 0 fully saturated rings. The van der Waals surface area contributed by atoms with E-state index in [1.165, 1.54) is 5.56 Å². The van der Waals surface area contributed by atoms with Crippen molar-refractivity contribution in [2.75, 3.05) is 20.3 Å². The molecular formula is C17H21N3O2S. The zero-order valence-corrected chi connectivity index (χ0v) is 14.3. The number of nitrogens with zero attached hydrogens (tertiary/aromatic N) is 3. The van der Waals surface area contributed by atoms with Crippen molar-refractivity contribution in [3.05, 3.63) is 45.9 Å². The summed E-state index contributed by atoms with van der Waals surface area (Å²) in [5, 5.41) is 6.59. The quantitative estimate of drug-likeness (QED) is 0.792. The van der Waals surface area contributed by atoms with Gasteiger partial charge in [0.2, 0.25) is 5.91 Å². The SMILES string of the molecule is CCn1cc2c(n1)CN(C(=O)/C=C/c1cccs1)CC2COC. The molecule has 2 aromatic rings. The van der Waals surface area contributed by atoms with Gasteiger partial charge < -0.3 is 9.64 Å². The van der Waals surface area contributed by atoms with E-state index in [0.29, 0.717) is 19.7 Å². The van der Waals surface area contributed by atoms with E-state index in [0.717, 1.165) is 17.1 Å². The first-order valence-corrected chi connectivity index (χ1v) is 8.65. The van der Waals surface area contributed by atoms with Gasteiger partial charge in [0.15, 0.2) is 0 Å². The zero-order valence-electron chi connectivity index (χ0n) is 13.4. The molecule has 23 heavy (non-hydrogen) atoms. The molecule has 0 aliphatic carbocycles. The van der Waals surface area contributed by atoms with Crippen molar-refractivity contribution < 1.29 is 9.53 Å². The van der Waals surface area contributed by atoms with Crippen LogP contribution in [0.1, 0.15) is 29.0 Å². The van der Waals surface area contributed by atoms with Gasteiger partial charge >= 0.3 is 0 Å². The van der Waals surface area contributed by atoms with Gasteiger partial charge in [0.05, 0.1) is 18.8 Å². The first-order chi connectivity index (χ1) is 11.2. The van der Waals surface area contributed by atoms with E-state index in [4.69, 9.17) is 4.74 Å². The monoisotopic (exact) mass is 331 g/mol. The largest absolute Gasteiger partial charge is 0.384 e. The maximum atomic E-state index is 12.5. The number of rotatable bonds is 5. The molecule has 1 atom stereocenters. The molecule has 1 aliphatic rings. The molecule has 1 aliphatic heterocycles. The maximum absolute atomic E-state index is 12.5. The second-order valence-corrected chi connectivity index (χ2v) is 6.59. The van der Waals surface area contributed by atoms with Crippen molar-refractivity contribution in [3.63, 3.8) is 0 Å². The minimum absolute atomic E-state index is 0.0243. The standard InChI is InChI=1S/C17H21N3O2S/c1-3-20-10-15-13(12-22-2)9-19(11-16(15)18-20)17(21)7-6-14-5-4-8-23-14/h4-8,10,13H,3,9,11-12H2,1-2H3/b7-6+. The molecule has 5 nitrogen and oxygen atoms in total. The van der Waals surface area contributed by atoms with Crippen molar-refractivity contribution in [2.45, 2.75) is 25.9 Å². The third kappa shape index (κ3) is 3.54. The van der Waals surface area contributed by atoms with Crippen molar-refractivity contribution in [3.8, 4) is 0 Å². The van der Waals surface area contributed by atoms with E-state index in [2.05, 4.69) is 18.2 Å². The Kier molecular flexibility index (Phi) is 4.93. The summed E-state index contributed by atoms with van der Waals surface area (Å²) in [6, 6.07) is 3.98. The Labute approximate surface area is 140 Å². The van der Waals surface area contributed by atoms with Crippen LogP contribution in [0.25, 0.3) is 6.08 Å². The minimum atomic E-state index is 0.0243. The number of amides is 1. The molecule has 1 unspecified atom stereocenters. The van der Waals surface area contributed by atoms with Crippen LogP contribution in [0.4, 0.5) is 0 Å². The minimum Gasteiger partial charge on any atom is -0.384 e. The third-order valence-electron chi connectivity index (χ3n) is 4.03. The lowest BCUT2D eigenvalue weighted by Gasteiger charge is -2.31. The summed E-state index contributed by atoms with van der Waals surface area (Å²) in [5.74, 6) is 0.208. The summed E-state index contributed by atoms with van der Waals surface area (Å²) in [4.78, 5) is 15.4. The van der Waals surface area contributed by atoms with Gasteiger partial charge in [-0.05, 0) is 24.4 Å². The van der Waals surface area contributed by atoms with Crippen LogP contribution in [0.5, 0.6) is 0 Å². The first kappa shape index (κ1) is 16.0. The number of carbonyl (C=O) groups is 1. The molecule has 2 aromatic heterocycles. The van der Waals surface area contributed by atoms with Crippen molar-refractivity contribution >= 4 is 23.3 Å². The molecule has 0 radical (unpaired) electrons. The number of hydrogen-bond acceptors (Lipinski definition) is 4. The molecule has 0 spiro atoms. The molecular weight excluding hydrogens is 310 g/mol. The highest BCUT2D eigenvalue weighted by molar-refractivity contribution is 7.10. The van der Waals surface area contributed by atoms with Crippen molar-refractivity contribution in [2.24, 2.45) is 0 Å². The average Bonchev–Trinajstić information content (AvgIpc) is 3.21. The fourth-order valence-corrected chi connectivity index (χ4v) is 3.49. The second kappa shape index (κ2) is 7.10. The third-order valence-corrected chi connectivity index (χ3v) is 4.87. The zero-order chi connectivity index (χ0) is 16.2. The Morgan fingerprint density at radius 1 is 1.57 bits per heavy atom. The van der Waals surface area contributed by atoms with E-state index in [1.807, 2.05) is 33.2 Å². The highest BCUT2D eigenvalue weighted by Gasteiger charge is 2.29. The molecule has 1 amide bonds. The van der Waals surface area contributed by atoms with Gasteiger partial charge in [-0.2, -0.15) is 5.10 Å². The number of thiophene rings is 1. The summed E-state index contributed by atoms with van der Waals surface area (Å²) in [7, 11) is 1.70. The Morgan fingerprint density at radius 2 is 2.43 bits per heavy atom. The molecule has 0 N–H and O–H groups in total. The topological polar surface area (TPSA) is 47.4 Å². The molecule has 3 heterocycles. The number of hydrogen-bond donors (Lipinski definition) is 0. The molecule has 0 saturated carbocycles. The fourth-order valence-electron chi connectivity index (χ4n) is 2.87. The smallest absolute Gasteiger partial charge is 0.246 e. The number of fused-ring (bicyclic) bond motifs is 1. The van der Waals surface area contributed by atoms with Gasteiger partial charge in [-0.15, -0.1) is 11.3 Å². The van der Waals surface area contributed by atoms with Crippen LogP contribution in [0.3, 0.4) is 0 Å². The Hall–Kier alpha value is -1.92. The van der Waals surface area contributed by atoms with Gasteiger partial charge in [0, 0.05) is 48.8 Å². The number of methoxy groups -OCH3 is 1. The maximum Gasteiger partial charge on any atom is 0.246 e. The van der Waals surface area contributed by atoms with Gasteiger partial charge in [-0.3, -0.25) is 9.48 Å². The predicted octanol–water partition coefficient (Wildman–Crippen LogP) is 2.75. The Morgan fingerprint density at radius 3 is 3.13 bits per heavy atom. The Bertz CT molecular complexity index is 691. The van der Waals surface area contributed by atoms with Gasteiger partial charge in [0.25, 0.3) is 0 Å². The van der Waals surface area contributed by atoms with Crippen LogP contribution in [0.2, 0.25) is 0 Å². The molecule has 0 bridgehead atoms. The number of aryl methyl sites for hydroxylation is 1. The van der Waals surface area contributed by atoms with Crippen LogP contribution in [0, 0.1) is 0 Å². The normalized spacial score (nSPS) is 17.7. The summed E-state index contributed by atoms with van der Waals surface area (Å²) in [5.41, 5.74) is 2.19. The van der Waals surface area contributed by atoms with E-state index < -0.39 is 0 Å². The highest BCUT2D eigenvalue weighted by atomic mass is 32.1. The fraction of sp³-hybridized carbons (Fsp3) is 0.412. The van der Waals surface area contributed by atoms with E-state index >= 15 is 0 Å². The van der Waals surface area contributed by atoms with E-state index in [1.54, 1.807) is 24.5 Å². The lowest BCUT2D eigenvalue weighted by molar-refractivity contribution is -0.127. The molecule has 6 heteroatoms. The van der Waals surface area contributed by atoms with Crippen molar-refractivity contribution in [1.29, 1.82) is 0 Å². The summed E-state index contributed by atoms with van der Waals surface area (Å²) in [6.07, 6.45) is 5.61. The molecule has 0 aromatic carbocycles. The van der Waals surface area contributed by atoms with Gasteiger partial charge in [-0.25, -0.2) is 0 Å². The van der Waals surface area contributed by atoms with Gasteiger partial charge in [0.1, 0.15) is 0 Å². The van der Waals surface area contributed by atoms with Crippen LogP contribution in [-0.2, 0) is 22.6 Å². The van der Waals surface area contributed by atoms with E-state index in [9.17, 15) is 4.79 Å². The lowest BCUT2D eigenvalue weighted by atomic mass is 9.95. The molecule has 0 saturated heterocycles. The van der Waals surface area contributed by atoms with Crippen LogP contribution < -0.4 is 0 Å². The molecule has 122 valence electrons. The second-order valence-electron chi connectivity index (χ2n) is 5.61. The number of ether oxygens (including phenoxy) is 1. The van der Waals surface area contributed by atoms with Gasteiger partial charge in [-0.1, -0.05) is 6.07 Å². The summed E-state index contributed by atoms with van der Waals surface area (Å²) in [6.45, 7) is 4.73. The Balaban J connectivity index is 1.77. The van der Waals surface area contributed by atoms with E-state index in [-0.39, 0.29) is 11.8 Å². The number of aromatic nitrogens is 2. The highest BCUT2D eigenvalue weighted by Crippen LogP contribution is 2.28.